The summed E-state index contributed by atoms with van der Waals surface area (Å²) >= 11 is 0. The first-order valence-electron chi connectivity index (χ1n) is 5.63. The molecule has 1 aliphatic rings. The van der Waals surface area contributed by atoms with Gasteiger partial charge < -0.3 is 15.8 Å². The molecule has 2 rings (SSSR count). The Labute approximate surface area is 103 Å². The third kappa shape index (κ3) is 2.84. The van der Waals surface area contributed by atoms with Crippen molar-refractivity contribution in [3.63, 3.8) is 0 Å². The van der Waals surface area contributed by atoms with E-state index in [1.807, 2.05) is 0 Å². The second-order valence-electron chi connectivity index (χ2n) is 4.37. The smallest absolute Gasteiger partial charge is 0.276 e. The van der Waals surface area contributed by atoms with Crippen LogP contribution in [0.4, 0.5) is 17.3 Å². The Hall–Kier alpha value is -1.93. The summed E-state index contributed by atoms with van der Waals surface area (Å²) in [7, 11) is 0. The van der Waals surface area contributed by atoms with Crippen LogP contribution >= 0.6 is 0 Å². The summed E-state index contributed by atoms with van der Waals surface area (Å²) in [6.07, 6.45) is 1.30. The fraction of sp³-hybridized carbons (Fsp3) is 0.500. The Morgan fingerprint density at radius 1 is 1.50 bits per heavy atom. The lowest BCUT2D eigenvalue weighted by atomic mass is 9.82. The van der Waals surface area contributed by atoms with Gasteiger partial charge in [0.1, 0.15) is 11.6 Å². The van der Waals surface area contributed by atoms with Crippen LogP contribution in [0.15, 0.2) is 12.1 Å². The summed E-state index contributed by atoms with van der Waals surface area (Å²) in [4.78, 5) is 14.3. The molecule has 0 aromatic carbocycles. The molecule has 18 heavy (non-hydrogen) atoms. The molecule has 8 heteroatoms. The molecule has 0 bridgehead atoms. The molecule has 5 N–H and O–H groups in total. The molecule has 1 aromatic heterocycles. The van der Waals surface area contributed by atoms with Crippen LogP contribution in [0.1, 0.15) is 12.8 Å². The number of aliphatic hydroxyl groups excluding tert-OH is 1. The van der Waals surface area contributed by atoms with Crippen molar-refractivity contribution < 1.29 is 10.0 Å². The zero-order chi connectivity index (χ0) is 13.1. The minimum Gasteiger partial charge on any atom is -0.393 e. The first-order chi connectivity index (χ1) is 8.58. The first-order valence-corrected chi connectivity index (χ1v) is 5.63. The van der Waals surface area contributed by atoms with Gasteiger partial charge in [-0.25, -0.2) is 10.8 Å². The molecule has 1 heterocycles. The highest BCUT2D eigenvalue weighted by Gasteiger charge is 2.26. The van der Waals surface area contributed by atoms with Crippen LogP contribution in [0, 0.1) is 16.0 Å². The van der Waals surface area contributed by atoms with Gasteiger partial charge in [0, 0.05) is 6.54 Å². The van der Waals surface area contributed by atoms with E-state index in [-0.39, 0.29) is 17.6 Å². The molecule has 0 atom stereocenters. The van der Waals surface area contributed by atoms with Gasteiger partial charge in [-0.15, -0.1) is 0 Å². The molecule has 1 aromatic rings. The summed E-state index contributed by atoms with van der Waals surface area (Å²) < 4.78 is 0. The van der Waals surface area contributed by atoms with Crippen LogP contribution in [-0.2, 0) is 0 Å². The predicted octanol–water partition coefficient (Wildman–Crippen LogP) is 0.458. The van der Waals surface area contributed by atoms with E-state index in [0.717, 1.165) is 12.8 Å². The highest BCUT2D eigenvalue weighted by atomic mass is 16.6. The van der Waals surface area contributed by atoms with Crippen LogP contribution in [0.5, 0.6) is 0 Å². The zero-order valence-electron chi connectivity index (χ0n) is 9.67. The van der Waals surface area contributed by atoms with Crippen molar-refractivity contribution in [1.29, 1.82) is 0 Å². The Balaban J connectivity index is 2.02. The number of pyridine rings is 1. The number of aliphatic hydroxyl groups is 1. The third-order valence-corrected chi connectivity index (χ3v) is 2.95. The number of hydrazine groups is 1. The molecule has 0 amide bonds. The summed E-state index contributed by atoms with van der Waals surface area (Å²) in [5.41, 5.74) is 2.21. The molecule has 8 nitrogen and oxygen atoms in total. The van der Waals surface area contributed by atoms with E-state index in [2.05, 4.69) is 15.7 Å². The Morgan fingerprint density at radius 3 is 2.72 bits per heavy atom. The normalized spacial score (nSPS) is 22.1. The maximum absolute atomic E-state index is 10.7. The molecular formula is C10H15N5O3. The lowest BCUT2D eigenvalue weighted by molar-refractivity contribution is -0.384. The monoisotopic (exact) mass is 253 g/mol. The van der Waals surface area contributed by atoms with Gasteiger partial charge in [0.25, 0.3) is 5.69 Å². The molecule has 0 radical (unpaired) electrons. The maximum Gasteiger partial charge on any atom is 0.276 e. The quantitative estimate of drug-likeness (QED) is 0.341. The minimum absolute atomic E-state index is 0.0749. The SMILES string of the molecule is NNc1cc([N+](=O)[O-])cc(NCC2CC(O)C2)n1. The van der Waals surface area contributed by atoms with Crippen molar-refractivity contribution >= 4 is 17.3 Å². The van der Waals surface area contributed by atoms with E-state index in [0.29, 0.717) is 18.3 Å². The first kappa shape index (κ1) is 12.5. The molecule has 1 saturated carbocycles. The fourth-order valence-electron chi connectivity index (χ4n) is 1.90. The average Bonchev–Trinajstić information content (AvgIpc) is 2.32. The van der Waals surface area contributed by atoms with Crippen LogP contribution in [0.25, 0.3) is 0 Å². The maximum atomic E-state index is 10.7. The van der Waals surface area contributed by atoms with Crippen molar-refractivity contribution in [2.75, 3.05) is 17.3 Å². The number of aromatic nitrogens is 1. The van der Waals surface area contributed by atoms with Crippen molar-refractivity contribution in [2.45, 2.75) is 18.9 Å². The van der Waals surface area contributed by atoms with Gasteiger partial charge >= 0.3 is 0 Å². The molecule has 0 unspecified atom stereocenters. The number of hydrogen-bond donors (Lipinski definition) is 4. The lowest BCUT2D eigenvalue weighted by Gasteiger charge is -2.31. The van der Waals surface area contributed by atoms with Gasteiger partial charge in [-0.2, -0.15) is 0 Å². The van der Waals surface area contributed by atoms with Gasteiger partial charge in [0.2, 0.25) is 0 Å². The van der Waals surface area contributed by atoms with E-state index >= 15 is 0 Å². The van der Waals surface area contributed by atoms with Crippen LogP contribution < -0.4 is 16.6 Å². The second kappa shape index (κ2) is 5.15. The minimum atomic E-state index is -0.499. The Morgan fingerprint density at radius 2 is 2.17 bits per heavy atom. The average molecular weight is 253 g/mol. The van der Waals surface area contributed by atoms with Crippen LogP contribution in [-0.4, -0.2) is 27.7 Å². The van der Waals surface area contributed by atoms with E-state index in [1.165, 1.54) is 12.1 Å². The summed E-state index contributed by atoms with van der Waals surface area (Å²) in [5.74, 6) is 6.23. The number of hydrogen-bond acceptors (Lipinski definition) is 7. The topological polar surface area (TPSA) is 126 Å². The van der Waals surface area contributed by atoms with E-state index in [4.69, 9.17) is 10.9 Å². The van der Waals surface area contributed by atoms with E-state index in [9.17, 15) is 10.1 Å². The number of nitrogens with zero attached hydrogens (tertiary/aromatic N) is 2. The number of nitrogens with two attached hydrogens (primary N) is 1. The van der Waals surface area contributed by atoms with E-state index < -0.39 is 4.92 Å². The Bertz CT molecular complexity index is 447. The molecule has 0 spiro atoms. The Kier molecular flexibility index (Phi) is 3.58. The van der Waals surface area contributed by atoms with E-state index in [1.54, 1.807) is 0 Å². The van der Waals surface area contributed by atoms with Crippen molar-refractivity contribution in [2.24, 2.45) is 11.8 Å². The number of nitrogens with one attached hydrogen (secondary N) is 2. The molecule has 1 aliphatic carbocycles. The van der Waals surface area contributed by atoms with Crippen molar-refractivity contribution in [1.82, 2.24) is 4.98 Å². The highest BCUT2D eigenvalue weighted by Crippen LogP contribution is 2.27. The molecule has 0 saturated heterocycles. The van der Waals surface area contributed by atoms with Gasteiger partial charge in [0.15, 0.2) is 0 Å². The molecule has 1 fully saturated rings. The summed E-state index contributed by atoms with van der Waals surface area (Å²) in [5, 5.41) is 22.9. The van der Waals surface area contributed by atoms with Crippen molar-refractivity contribution in [3.8, 4) is 0 Å². The van der Waals surface area contributed by atoms with Crippen LogP contribution in [0.3, 0.4) is 0 Å². The number of nitrogen functional groups attached to an aromatic ring is 1. The predicted molar refractivity (Wildman–Crippen MR) is 65.9 cm³/mol. The molecule has 0 aliphatic heterocycles. The van der Waals surface area contributed by atoms with Gasteiger partial charge in [0.05, 0.1) is 23.2 Å². The molecular weight excluding hydrogens is 238 g/mol. The highest BCUT2D eigenvalue weighted by molar-refractivity contribution is 5.54. The van der Waals surface area contributed by atoms with Crippen LogP contribution in [0.2, 0.25) is 0 Å². The largest absolute Gasteiger partial charge is 0.393 e. The van der Waals surface area contributed by atoms with Gasteiger partial charge in [-0.1, -0.05) is 0 Å². The summed E-state index contributed by atoms with van der Waals surface area (Å²) in [6.45, 7) is 0.634. The lowest BCUT2D eigenvalue weighted by Crippen LogP contribution is -2.33. The van der Waals surface area contributed by atoms with Gasteiger partial charge in [-0.05, 0) is 18.8 Å². The van der Waals surface area contributed by atoms with Gasteiger partial charge in [-0.3, -0.25) is 10.1 Å². The molecule has 98 valence electrons. The fourth-order valence-corrected chi connectivity index (χ4v) is 1.90. The summed E-state index contributed by atoms with van der Waals surface area (Å²) in [6, 6.07) is 2.62. The number of anilines is 2. The third-order valence-electron chi connectivity index (χ3n) is 2.95. The standard InChI is InChI=1S/C10H15N5O3/c11-14-10-4-7(15(17)18)3-9(13-10)12-5-6-1-8(16)2-6/h3-4,6,8,16H,1-2,5,11H2,(H2,12,13,14). The second-order valence-corrected chi connectivity index (χ2v) is 4.37. The van der Waals surface area contributed by atoms with Crippen molar-refractivity contribution in [3.05, 3.63) is 22.2 Å². The zero-order valence-corrected chi connectivity index (χ0v) is 9.67. The number of nitro groups is 1. The number of rotatable bonds is 5.